The van der Waals surface area contributed by atoms with Crippen LogP contribution in [0.1, 0.15) is 5.56 Å². The highest BCUT2D eigenvalue weighted by atomic mass is 35.5. The molecule has 3 N–H and O–H groups in total. The summed E-state index contributed by atoms with van der Waals surface area (Å²) < 4.78 is 0. The van der Waals surface area contributed by atoms with Crippen LogP contribution in [0.15, 0.2) is 41.8 Å². The summed E-state index contributed by atoms with van der Waals surface area (Å²) in [6.45, 7) is 0. The van der Waals surface area contributed by atoms with Crippen LogP contribution in [0.5, 0.6) is 0 Å². The molecule has 3 rings (SSSR count). The highest BCUT2D eigenvalue weighted by Crippen LogP contribution is 2.27. The molecule has 0 aliphatic rings. The van der Waals surface area contributed by atoms with Crippen molar-refractivity contribution in [2.75, 3.05) is 0 Å². The van der Waals surface area contributed by atoms with E-state index in [1.165, 1.54) is 6.33 Å². The number of H-pyrrole nitrogens is 1. The molecular formula is C13H9Cl2N5O. The van der Waals surface area contributed by atoms with Gasteiger partial charge in [-0.05, 0) is 24.3 Å². The first kappa shape index (κ1) is 13.8. The number of nitrogens with one attached hydrogen (secondary N) is 2. The second-order valence-corrected chi connectivity index (χ2v) is 4.94. The molecule has 21 heavy (non-hydrogen) atoms. The smallest absolute Gasteiger partial charge is 0.178 e. The molecule has 8 heteroatoms. The van der Waals surface area contributed by atoms with Crippen molar-refractivity contribution < 1.29 is 5.21 Å². The van der Waals surface area contributed by atoms with E-state index in [2.05, 4.69) is 25.4 Å². The maximum atomic E-state index is 9.37. The van der Waals surface area contributed by atoms with Gasteiger partial charge in [0.25, 0.3) is 0 Å². The fourth-order valence-corrected chi connectivity index (χ4v) is 2.17. The minimum Gasteiger partial charge on any atom is -0.343 e. The average Bonchev–Trinajstić information content (AvgIpc) is 2.97. The largest absolute Gasteiger partial charge is 0.343 e. The molecule has 3 aromatic rings. The number of halogens is 2. The molecule has 0 atom stereocenters. The van der Waals surface area contributed by atoms with Crippen molar-refractivity contribution in [2.45, 2.75) is 0 Å². The van der Waals surface area contributed by atoms with Crippen LogP contribution in [0.25, 0.3) is 11.2 Å². The lowest BCUT2D eigenvalue weighted by molar-refractivity contribution is 0.235. The standard InChI is InChI=1S/C13H9Cl2N5O/c14-9-2-1-7(5-10(9)15)19-12(20-21)8-3-4-16-13-11(8)17-6-18-13/h1-6,21H,(H,19,20)(H,16,17,18). The number of hydrogen-bond acceptors (Lipinski definition) is 4. The lowest BCUT2D eigenvalue weighted by atomic mass is 10.2. The Morgan fingerprint density at radius 3 is 2.81 bits per heavy atom. The Kier molecular flexibility index (Phi) is 3.74. The van der Waals surface area contributed by atoms with Crippen molar-refractivity contribution in [2.24, 2.45) is 4.99 Å². The first-order valence-electron chi connectivity index (χ1n) is 5.91. The van der Waals surface area contributed by atoms with E-state index in [1.807, 2.05) is 0 Å². The van der Waals surface area contributed by atoms with Crippen molar-refractivity contribution in [3.63, 3.8) is 0 Å². The number of fused-ring (bicyclic) bond motifs is 1. The maximum absolute atomic E-state index is 9.37. The number of aliphatic imine (C=N–C) groups is 1. The molecule has 0 fully saturated rings. The lowest BCUT2D eigenvalue weighted by Gasteiger charge is -2.06. The van der Waals surface area contributed by atoms with Gasteiger partial charge in [0.2, 0.25) is 0 Å². The number of aromatic amines is 1. The molecule has 0 radical (unpaired) electrons. The van der Waals surface area contributed by atoms with Crippen LogP contribution in [0.2, 0.25) is 10.0 Å². The SMILES string of the molecule is ONC(=Nc1ccc(Cl)c(Cl)c1)c1ccnc2nc[nH]c12. The highest BCUT2D eigenvalue weighted by molar-refractivity contribution is 6.42. The van der Waals surface area contributed by atoms with Gasteiger partial charge in [-0.15, -0.1) is 0 Å². The molecule has 0 aliphatic heterocycles. The van der Waals surface area contributed by atoms with Crippen molar-refractivity contribution >= 4 is 45.9 Å². The zero-order chi connectivity index (χ0) is 14.8. The van der Waals surface area contributed by atoms with E-state index in [9.17, 15) is 5.21 Å². The number of pyridine rings is 1. The molecule has 1 aromatic carbocycles. The minimum absolute atomic E-state index is 0.241. The van der Waals surface area contributed by atoms with Crippen LogP contribution >= 0.6 is 23.2 Å². The molecule has 106 valence electrons. The zero-order valence-corrected chi connectivity index (χ0v) is 12.0. The molecule has 2 heterocycles. The van der Waals surface area contributed by atoms with Crippen molar-refractivity contribution in [3.05, 3.63) is 52.4 Å². The second kappa shape index (κ2) is 5.69. The van der Waals surface area contributed by atoms with Gasteiger partial charge < -0.3 is 4.98 Å². The Labute approximate surface area is 129 Å². The third-order valence-corrected chi connectivity index (χ3v) is 3.57. The summed E-state index contributed by atoms with van der Waals surface area (Å²) >= 11 is 11.8. The van der Waals surface area contributed by atoms with Gasteiger partial charge in [-0.25, -0.2) is 15.0 Å². The minimum atomic E-state index is 0.241. The topological polar surface area (TPSA) is 86.2 Å². The Hall–Kier alpha value is -2.15. The molecule has 0 amide bonds. The van der Waals surface area contributed by atoms with E-state index in [-0.39, 0.29) is 5.84 Å². The van der Waals surface area contributed by atoms with Gasteiger partial charge in [0.1, 0.15) is 0 Å². The number of hydrogen-bond donors (Lipinski definition) is 3. The Morgan fingerprint density at radius 1 is 1.19 bits per heavy atom. The summed E-state index contributed by atoms with van der Waals surface area (Å²) in [5, 5.41) is 10.2. The molecule has 6 nitrogen and oxygen atoms in total. The third-order valence-electron chi connectivity index (χ3n) is 2.83. The molecule has 0 saturated heterocycles. The molecule has 0 aliphatic carbocycles. The van der Waals surface area contributed by atoms with Crippen molar-refractivity contribution in [1.82, 2.24) is 20.4 Å². The first-order valence-corrected chi connectivity index (χ1v) is 6.67. The number of benzene rings is 1. The first-order chi connectivity index (χ1) is 10.2. The van der Waals surface area contributed by atoms with Gasteiger partial charge in [0.15, 0.2) is 11.5 Å². The molecule has 2 aromatic heterocycles. The van der Waals surface area contributed by atoms with E-state index in [0.29, 0.717) is 32.5 Å². The fourth-order valence-electron chi connectivity index (χ4n) is 1.88. The van der Waals surface area contributed by atoms with E-state index < -0.39 is 0 Å². The lowest BCUT2D eigenvalue weighted by Crippen LogP contribution is -2.20. The van der Waals surface area contributed by atoms with Crippen LogP contribution < -0.4 is 5.48 Å². The van der Waals surface area contributed by atoms with E-state index in [0.717, 1.165) is 0 Å². The van der Waals surface area contributed by atoms with Gasteiger partial charge in [-0.3, -0.25) is 10.7 Å². The quantitative estimate of drug-likeness (QED) is 0.384. The van der Waals surface area contributed by atoms with Gasteiger partial charge in [-0.2, -0.15) is 0 Å². The fraction of sp³-hybridized carbons (Fsp3) is 0. The summed E-state index contributed by atoms with van der Waals surface area (Å²) in [4.78, 5) is 15.4. The number of aromatic nitrogens is 3. The zero-order valence-electron chi connectivity index (χ0n) is 10.5. The molecule has 0 bridgehead atoms. The normalized spacial score (nSPS) is 11.9. The summed E-state index contributed by atoms with van der Waals surface area (Å²) in [6.07, 6.45) is 3.11. The highest BCUT2D eigenvalue weighted by Gasteiger charge is 2.10. The van der Waals surface area contributed by atoms with Crippen LogP contribution in [0, 0.1) is 0 Å². The van der Waals surface area contributed by atoms with Crippen LogP contribution in [0.3, 0.4) is 0 Å². The number of rotatable bonds is 2. The van der Waals surface area contributed by atoms with Gasteiger partial charge >= 0.3 is 0 Å². The number of amidine groups is 1. The number of nitrogens with zero attached hydrogens (tertiary/aromatic N) is 3. The third kappa shape index (κ3) is 2.69. The van der Waals surface area contributed by atoms with Crippen LogP contribution in [-0.2, 0) is 0 Å². The van der Waals surface area contributed by atoms with Crippen LogP contribution in [0.4, 0.5) is 5.69 Å². The monoisotopic (exact) mass is 321 g/mol. The van der Waals surface area contributed by atoms with E-state index in [1.54, 1.807) is 30.5 Å². The number of hydroxylamine groups is 1. The number of imidazole rings is 1. The molecule has 0 saturated carbocycles. The van der Waals surface area contributed by atoms with Gasteiger partial charge in [-0.1, -0.05) is 23.2 Å². The summed E-state index contributed by atoms with van der Waals surface area (Å²) in [7, 11) is 0. The second-order valence-electron chi connectivity index (χ2n) is 4.13. The van der Waals surface area contributed by atoms with E-state index in [4.69, 9.17) is 23.2 Å². The Morgan fingerprint density at radius 2 is 2.05 bits per heavy atom. The van der Waals surface area contributed by atoms with Crippen LogP contribution in [-0.4, -0.2) is 26.0 Å². The molecule has 0 spiro atoms. The Balaban J connectivity index is 2.11. The van der Waals surface area contributed by atoms with Crippen molar-refractivity contribution in [3.8, 4) is 0 Å². The maximum Gasteiger partial charge on any atom is 0.178 e. The summed E-state index contributed by atoms with van der Waals surface area (Å²) in [6, 6.07) is 6.64. The van der Waals surface area contributed by atoms with Gasteiger partial charge in [0, 0.05) is 11.8 Å². The molecule has 0 unspecified atom stereocenters. The van der Waals surface area contributed by atoms with Gasteiger partial charge in [0.05, 0.1) is 27.6 Å². The molecular weight excluding hydrogens is 313 g/mol. The van der Waals surface area contributed by atoms with Crippen molar-refractivity contribution in [1.29, 1.82) is 0 Å². The average molecular weight is 322 g/mol. The summed E-state index contributed by atoms with van der Waals surface area (Å²) in [5.41, 5.74) is 4.46. The predicted octanol–water partition coefficient (Wildman–Crippen LogP) is 3.32. The van der Waals surface area contributed by atoms with E-state index >= 15 is 0 Å². The Bertz CT molecular complexity index is 830. The summed E-state index contributed by atoms with van der Waals surface area (Å²) in [5.74, 6) is 0.241. The predicted molar refractivity (Wildman–Crippen MR) is 81.5 cm³/mol.